The van der Waals surface area contributed by atoms with Gasteiger partial charge in [0.1, 0.15) is 0 Å². The maximum Gasteiger partial charge on any atom is 0.159 e. The zero-order valence-corrected chi connectivity index (χ0v) is 9.63. The summed E-state index contributed by atoms with van der Waals surface area (Å²) in [4.78, 5) is 11.8. The van der Waals surface area contributed by atoms with Gasteiger partial charge in [0.2, 0.25) is 0 Å². The third kappa shape index (κ3) is 2.34. The molecule has 0 aromatic carbocycles. The predicted octanol–water partition coefficient (Wildman–Crippen LogP) is 3.51. The molecule has 78 valence electrons. The maximum atomic E-state index is 11.8. The van der Waals surface area contributed by atoms with Crippen molar-refractivity contribution in [2.75, 3.05) is 0 Å². The summed E-state index contributed by atoms with van der Waals surface area (Å²) in [7, 11) is 0. The fourth-order valence-electron chi connectivity index (χ4n) is 2.33. The molecule has 0 saturated heterocycles. The SMILES string of the molecule is C/C=C/C(=O)[C@H]1CC=C(C)CC1(C)C. The molecule has 0 aliphatic heterocycles. The number of rotatable bonds is 2. The summed E-state index contributed by atoms with van der Waals surface area (Å²) >= 11 is 0. The zero-order valence-electron chi connectivity index (χ0n) is 9.63. The third-order valence-corrected chi connectivity index (χ3v) is 3.05. The normalized spacial score (nSPS) is 26.3. The van der Waals surface area contributed by atoms with Crippen LogP contribution in [-0.4, -0.2) is 5.78 Å². The van der Waals surface area contributed by atoms with E-state index in [0.717, 1.165) is 12.8 Å². The van der Waals surface area contributed by atoms with Crippen LogP contribution in [0, 0.1) is 11.3 Å². The molecule has 0 spiro atoms. The van der Waals surface area contributed by atoms with E-state index in [1.54, 1.807) is 6.08 Å². The van der Waals surface area contributed by atoms with Gasteiger partial charge in [-0.1, -0.05) is 31.6 Å². The van der Waals surface area contributed by atoms with Gasteiger partial charge in [-0.3, -0.25) is 4.79 Å². The minimum atomic E-state index is 0.120. The number of carbonyl (C=O) groups is 1. The lowest BCUT2D eigenvalue weighted by molar-refractivity contribution is -0.121. The molecule has 1 rings (SSSR count). The minimum absolute atomic E-state index is 0.120. The summed E-state index contributed by atoms with van der Waals surface area (Å²) in [5.41, 5.74) is 1.54. The molecular weight excluding hydrogens is 172 g/mol. The summed E-state index contributed by atoms with van der Waals surface area (Å²) in [5, 5.41) is 0. The monoisotopic (exact) mass is 192 g/mol. The maximum absolute atomic E-state index is 11.8. The quantitative estimate of drug-likeness (QED) is 0.483. The molecule has 0 aromatic heterocycles. The van der Waals surface area contributed by atoms with Gasteiger partial charge in [0, 0.05) is 5.92 Å². The Balaban J connectivity index is 2.85. The molecule has 14 heavy (non-hydrogen) atoms. The van der Waals surface area contributed by atoms with Gasteiger partial charge in [-0.15, -0.1) is 0 Å². The number of ketones is 1. The molecule has 1 nitrogen and oxygen atoms in total. The van der Waals surface area contributed by atoms with E-state index in [1.165, 1.54) is 5.57 Å². The smallest absolute Gasteiger partial charge is 0.159 e. The van der Waals surface area contributed by atoms with Crippen LogP contribution in [0.25, 0.3) is 0 Å². The van der Waals surface area contributed by atoms with Crippen LogP contribution in [0.5, 0.6) is 0 Å². The van der Waals surface area contributed by atoms with Gasteiger partial charge in [-0.25, -0.2) is 0 Å². The molecule has 0 heterocycles. The van der Waals surface area contributed by atoms with Crippen molar-refractivity contribution in [3.63, 3.8) is 0 Å². The highest BCUT2D eigenvalue weighted by molar-refractivity contribution is 5.92. The van der Waals surface area contributed by atoms with Crippen LogP contribution in [0.1, 0.15) is 40.5 Å². The predicted molar refractivity (Wildman–Crippen MR) is 60.1 cm³/mol. The van der Waals surface area contributed by atoms with Crippen LogP contribution < -0.4 is 0 Å². The van der Waals surface area contributed by atoms with Gasteiger partial charge in [-0.05, 0) is 38.2 Å². The molecule has 1 aliphatic rings. The first kappa shape index (κ1) is 11.2. The van der Waals surface area contributed by atoms with E-state index >= 15 is 0 Å². The lowest BCUT2D eigenvalue weighted by Crippen LogP contribution is -2.32. The van der Waals surface area contributed by atoms with E-state index in [4.69, 9.17) is 0 Å². The number of allylic oxidation sites excluding steroid dienone is 4. The van der Waals surface area contributed by atoms with E-state index in [1.807, 2.05) is 13.0 Å². The summed E-state index contributed by atoms with van der Waals surface area (Å²) in [6, 6.07) is 0. The Labute approximate surface area is 86.9 Å². The second-order valence-electron chi connectivity index (χ2n) is 4.91. The molecule has 0 amide bonds. The molecular formula is C13H20O. The largest absolute Gasteiger partial charge is 0.295 e. The molecule has 0 bridgehead atoms. The van der Waals surface area contributed by atoms with Gasteiger partial charge < -0.3 is 0 Å². The molecule has 0 aromatic rings. The zero-order chi connectivity index (χ0) is 10.8. The van der Waals surface area contributed by atoms with Crippen molar-refractivity contribution < 1.29 is 4.79 Å². The standard InChI is InChI=1S/C13H20O/c1-5-6-12(14)11-8-7-10(2)9-13(11,3)4/h5-7,11H,8-9H2,1-4H3/b6-5+/t11-/m1/s1. The van der Waals surface area contributed by atoms with Crippen molar-refractivity contribution in [1.29, 1.82) is 0 Å². The van der Waals surface area contributed by atoms with E-state index in [0.29, 0.717) is 0 Å². The van der Waals surface area contributed by atoms with E-state index in [-0.39, 0.29) is 17.1 Å². The van der Waals surface area contributed by atoms with Gasteiger partial charge >= 0.3 is 0 Å². The van der Waals surface area contributed by atoms with Gasteiger partial charge in [0.05, 0.1) is 0 Å². The first-order valence-electron chi connectivity index (χ1n) is 5.29. The molecule has 0 N–H and O–H groups in total. The van der Waals surface area contributed by atoms with Crippen LogP contribution >= 0.6 is 0 Å². The van der Waals surface area contributed by atoms with Crippen molar-refractivity contribution >= 4 is 5.78 Å². The topological polar surface area (TPSA) is 17.1 Å². The van der Waals surface area contributed by atoms with Crippen molar-refractivity contribution in [3.05, 3.63) is 23.8 Å². The second-order valence-corrected chi connectivity index (χ2v) is 4.91. The molecule has 0 radical (unpaired) electrons. The highest BCUT2D eigenvalue weighted by atomic mass is 16.1. The molecule has 0 saturated carbocycles. The minimum Gasteiger partial charge on any atom is -0.295 e. The Morgan fingerprint density at radius 2 is 2.21 bits per heavy atom. The second kappa shape index (κ2) is 4.12. The van der Waals surface area contributed by atoms with Crippen LogP contribution in [0.15, 0.2) is 23.8 Å². The number of hydrogen-bond donors (Lipinski definition) is 0. The Kier molecular flexibility index (Phi) is 3.30. The summed E-state index contributed by atoms with van der Waals surface area (Å²) in [6.07, 6.45) is 7.70. The fraction of sp³-hybridized carbons (Fsp3) is 0.615. The van der Waals surface area contributed by atoms with Crippen molar-refractivity contribution in [2.24, 2.45) is 11.3 Å². The third-order valence-electron chi connectivity index (χ3n) is 3.05. The lowest BCUT2D eigenvalue weighted by atomic mass is 9.67. The molecule has 1 heteroatoms. The van der Waals surface area contributed by atoms with E-state index in [2.05, 4.69) is 26.8 Å². The molecule has 1 aliphatic carbocycles. The van der Waals surface area contributed by atoms with Crippen LogP contribution in [-0.2, 0) is 4.79 Å². The van der Waals surface area contributed by atoms with Crippen LogP contribution in [0.2, 0.25) is 0 Å². The van der Waals surface area contributed by atoms with Crippen molar-refractivity contribution in [2.45, 2.75) is 40.5 Å². The summed E-state index contributed by atoms with van der Waals surface area (Å²) < 4.78 is 0. The molecule has 1 atom stereocenters. The lowest BCUT2D eigenvalue weighted by Gasteiger charge is -2.36. The Hall–Kier alpha value is -0.850. The van der Waals surface area contributed by atoms with Crippen LogP contribution in [0.4, 0.5) is 0 Å². The first-order chi connectivity index (χ1) is 6.47. The van der Waals surface area contributed by atoms with Gasteiger partial charge in [0.25, 0.3) is 0 Å². The van der Waals surface area contributed by atoms with Crippen molar-refractivity contribution in [3.8, 4) is 0 Å². The summed E-state index contributed by atoms with van der Waals surface area (Å²) in [5.74, 6) is 0.448. The first-order valence-corrected chi connectivity index (χ1v) is 5.29. The Morgan fingerprint density at radius 1 is 1.57 bits per heavy atom. The van der Waals surface area contributed by atoms with E-state index < -0.39 is 0 Å². The average molecular weight is 192 g/mol. The Bertz CT molecular complexity index is 282. The Morgan fingerprint density at radius 3 is 2.71 bits per heavy atom. The number of hydrogen-bond acceptors (Lipinski definition) is 1. The summed E-state index contributed by atoms with van der Waals surface area (Å²) in [6.45, 7) is 8.43. The van der Waals surface area contributed by atoms with Crippen LogP contribution in [0.3, 0.4) is 0 Å². The highest BCUT2D eigenvalue weighted by Gasteiger charge is 2.35. The number of carbonyl (C=O) groups excluding carboxylic acids is 1. The highest BCUT2D eigenvalue weighted by Crippen LogP contribution is 2.40. The average Bonchev–Trinajstić information content (AvgIpc) is 2.01. The van der Waals surface area contributed by atoms with E-state index in [9.17, 15) is 4.79 Å². The molecule has 0 fully saturated rings. The van der Waals surface area contributed by atoms with Gasteiger partial charge in [0.15, 0.2) is 5.78 Å². The van der Waals surface area contributed by atoms with Gasteiger partial charge in [-0.2, -0.15) is 0 Å². The fourth-order valence-corrected chi connectivity index (χ4v) is 2.33. The van der Waals surface area contributed by atoms with Crippen molar-refractivity contribution in [1.82, 2.24) is 0 Å². The molecule has 0 unspecified atom stereocenters.